The van der Waals surface area contributed by atoms with Crippen molar-refractivity contribution >= 4 is 17.5 Å². The molecule has 22 heavy (non-hydrogen) atoms. The van der Waals surface area contributed by atoms with Gasteiger partial charge in [-0.15, -0.1) is 0 Å². The maximum Gasteiger partial charge on any atom is 0.345 e. The molecule has 0 amide bonds. The van der Waals surface area contributed by atoms with Crippen LogP contribution in [0.2, 0.25) is 0 Å². The second-order valence-corrected chi connectivity index (χ2v) is 5.04. The van der Waals surface area contributed by atoms with E-state index < -0.39 is 10.9 Å². The summed E-state index contributed by atoms with van der Waals surface area (Å²) in [5.74, 6) is -0.541. The predicted octanol–water partition coefficient (Wildman–Crippen LogP) is 1.70. The summed E-state index contributed by atoms with van der Waals surface area (Å²) in [5, 5.41) is 11.5. The van der Waals surface area contributed by atoms with E-state index in [9.17, 15) is 14.9 Å². The quantitative estimate of drug-likeness (QED) is 0.464. The number of esters is 1. The van der Waals surface area contributed by atoms with Gasteiger partial charge in [0.05, 0.1) is 24.7 Å². The van der Waals surface area contributed by atoms with Crippen LogP contribution >= 0.6 is 0 Å². The molecule has 0 N–H and O–H groups in total. The number of rotatable bonds is 5. The van der Waals surface area contributed by atoms with Crippen LogP contribution in [0, 0.1) is 17.0 Å². The van der Waals surface area contributed by atoms with Gasteiger partial charge in [0.2, 0.25) is 5.82 Å². The molecule has 1 aliphatic rings. The van der Waals surface area contributed by atoms with Gasteiger partial charge in [0.15, 0.2) is 0 Å². The van der Waals surface area contributed by atoms with E-state index >= 15 is 0 Å². The van der Waals surface area contributed by atoms with Gasteiger partial charge in [-0.1, -0.05) is 0 Å². The maximum atomic E-state index is 11.9. The molecule has 2 heterocycles. The number of hydrogen-bond acceptors (Lipinski definition) is 7. The minimum atomic E-state index is -0.739. The third kappa shape index (κ3) is 3.01. The lowest BCUT2D eigenvalue weighted by molar-refractivity contribution is -0.384. The van der Waals surface area contributed by atoms with E-state index in [1.54, 1.807) is 6.92 Å². The summed E-state index contributed by atoms with van der Waals surface area (Å²) in [6, 6.07) is 1.40. The van der Waals surface area contributed by atoms with Gasteiger partial charge in [0, 0.05) is 18.8 Å². The lowest BCUT2D eigenvalue weighted by Crippen LogP contribution is -2.37. The lowest BCUT2D eigenvalue weighted by atomic mass is 10.1. The fourth-order valence-electron chi connectivity index (χ4n) is 2.64. The number of anilines is 1. The topological polar surface area (TPSA) is 94.8 Å². The zero-order valence-electron chi connectivity index (χ0n) is 12.9. The van der Waals surface area contributed by atoms with Crippen molar-refractivity contribution < 1.29 is 19.2 Å². The Labute approximate surface area is 128 Å². The molecule has 1 fully saturated rings. The molecule has 1 atom stereocenters. The summed E-state index contributed by atoms with van der Waals surface area (Å²) in [7, 11) is 1.20. The van der Waals surface area contributed by atoms with Gasteiger partial charge in [0.25, 0.3) is 0 Å². The molecule has 2 rings (SSSR count). The number of methoxy groups -OCH3 is 1. The number of likely N-dealkylation sites (N-methyl/N-ethyl adjacent to an activating group) is 1. The Morgan fingerprint density at radius 3 is 2.86 bits per heavy atom. The summed E-state index contributed by atoms with van der Waals surface area (Å²) in [4.78, 5) is 28.9. The second-order valence-electron chi connectivity index (χ2n) is 5.04. The molecule has 0 saturated carbocycles. The summed E-state index contributed by atoms with van der Waals surface area (Å²) >= 11 is 0. The molecule has 1 saturated heterocycles. The van der Waals surface area contributed by atoms with Crippen LogP contribution in [-0.4, -0.2) is 48.8 Å². The van der Waals surface area contributed by atoms with Gasteiger partial charge in [-0.25, -0.2) is 9.78 Å². The summed E-state index contributed by atoms with van der Waals surface area (Å²) in [5.41, 5.74) is 0.136. The van der Waals surface area contributed by atoms with Crippen molar-refractivity contribution in [2.24, 2.45) is 0 Å². The third-order valence-corrected chi connectivity index (χ3v) is 3.65. The fraction of sp³-hybridized carbons (Fsp3) is 0.571. The van der Waals surface area contributed by atoms with E-state index in [-0.39, 0.29) is 23.1 Å². The second kappa shape index (κ2) is 6.69. The molecule has 1 aromatic rings. The largest absolute Gasteiger partial charge is 0.465 e. The van der Waals surface area contributed by atoms with Gasteiger partial charge in [-0.05, 0) is 26.3 Å². The predicted molar refractivity (Wildman–Crippen MR) is 79.2 cm³/mol. The van der Waals surface area contributed by atoms with Crippen LogP contribution in [-0.2, 0) is 9.47 Å². The number of nitro groups is 1. The van der Waals surface area contributed by atoms with Crippen LogP contribution in [0.3, 0.4) is 0 Å². The van der Waals surface area contributed by atoms with E-state index in [2.05, 4.69) is 9.72 Å². The minimum Gasteiger partial charge on any atom is -0.465 e. The number of aromatic nitrogens is 1. The summed E-state index contributed by atoms with van der Waals surface area (Å²) in [6.45, 7) is 5.23. The average molecular weight is 309 g/mol. The Morgan fingerprint density at radius 1 is 1.64 bits per heavy atom. The molecular weight excluding hydrogens is 290 g/mol. The minimum absolute atomic E-state index is 0.0171. The molecule has 1 aliphatic heterocycles. The van der Waals surface area contributed by atoms with Gasteiger partial charge in [0.1, 0.15) is 5.56 Å². The van der Waals surface area contributed by atoms with E-state index in [0.717, 1.165) is 6.42 Å². The Kier molecular flexibility index (Phi) is 4.92. The van der Waals surface area contributed by atoms with Crippen LogP contribution < -0.4 is 4.90 Å². The van der Waals surface area contributed by atoms with E-state index in [1.165, 1.54) is 13.2 Å². The Morgan fingerprint density at radius 2 is 2.36 bits per heavy atom. The molecule has 0 aromatic carbocycles. The molecule has 8 heteroatoms. The molecule has 0 radical (unpaired) electrons. The molecule has 8 nitrogen and oxygen atoms in total. The van der Waals surface area contributed by atoms with E-state index in [0.29, 0.717) is 25.5 Å². The van der Waals surface area contributed by atoms with Crippen LogP contribution in [0.4, 0.5) is 11.5 Å². The average Bonchev–Trinajstić information content (AvgIpc) is 3.00. The smallest absolute Gasteiger partial charge is 0.345 e. The van der Waals surface area contributed by atoms with Gasteiger partial charge in [-0.3, -0.25) is 10.1 Å². The van der Waals surface area contributed by atoms with Crippen LogP contribution in [0.15, 0.2) is 6.07 Å². The van der Waals surface area contributed by atoms with Crippen molar-refractivity contribution in [3.05, 3.63) is 27.4 Å². The SMILES string of the molecule is CCN(c1nc(C)cc(C(=O)OC)c1[N+](=O)[O-])[C@@H]1CCOC1. The van der Waals surface area contributed by atoms with Gasteiger partial charge >= 0.3 is 11.7 Å². The number of ether oxygens (including phenoxy) is 2. The zero-order chi connectivity index (χ0) is 16.3. The molecule has 0 spiro atoms. The Balaban J connectivity index is 2.59. The van der Waals surface area contributed by atoms with Crippen molar-refractivity contribution in [3.63, 3.8) is 0 Å². The highest BCUT2D eigenvalue weighted by Gasteiger charge is 2.33. The van der Waals surface area contributed by atoms with Crippen molar-refractivity contribution in [2.45, 2.75) is 26.3 Å². The summed E-state index contributed by atoms with van der Waals surface area (Å²) < 4.78 is 10.0. The monoisotopic (exact) mass is 309 g/mol. The number of hydrogen-bond donors (Lipinski definition) is 0. The van der Waals surface area contributed by atoms with Crippen LogP contribution in [0.5, 0.6) is 0 Å². The van der Waals surface area contributed by atoms with Crippen LogP contribution in [0.1, 0.15) is 29.4 Å². The first-order chi connectivity index (χ1) is 10.5. The highest BCUT2D eigenvalue weighted by Crippen LogP contribution is 2.33. The highest BCUT2D eigenvalue weighted by molar-refractivity contribution is 5.96. The first-order valence-electron chi connectivity index (χ1n) is 7.08. The first-order valence-corrected chi connectivity index (χ1v) is 7.08. The zero-order valence-corrected chi connectivity index (χ0v) is 12.9. The van der Waals surface area contributed by atoms with Gasteiger partial charge in [-0.2, -0.15) is 0 Å². The molecule has 120 valence electrons. The Bertz CT molecular complexity index is 584. The summed E-state index contributed by atoms with van der Waals surface area (Å²) in [6.07, 6.45) is 0.772. The maximum absolute atomic E-state index is 11.9. The number of carbonyl (C=O) groups excluding carboxylic acids is 1. The number of nitrogens with zero attached hydrogens (tertiary/aromatic N) is 3. The first kappa shape index (κ1) is 16.2. The van der Waals surface area contributed by atoms with Gasteiger partial charge < -0.3 is 14.4 Å². The molecule has 1 aromatic heterocycles. The van der Waals surface area contributed by atoms with Crippen LogP contribution in [0.25, 0.3) is 0 Å². The highest BCUT2D eigenvalue weighted by atomic mass is 16.6. The Hall–Kier alpha value is -2.22. The van der Waals surface area contributed by atoms with Crippen molar-refractivity contribution in [1.82, 2.24) is 4.98 Å². The van der Waals surface area contributed by atoms with E-state index in [1.807, 2.05) is 11.8 Å². The lowest BCUT2D eigenvalue weighted by Gasteiger charge is -2.27. The molecular formula is C14H19N3O5. The number of carbonyl (C=O) groups is 1. The molecule has 0 bridgehead atoms. The third-order valence-electron chi connectivity index (χ3n) is 3.65. The normalized spacial score (nSPS) is 17.3. The number of aryl methyl sites for hydroxylation is 1. The van der Waals surface area contributed by atoms with Crippen molar-refractivity contribution in [1.29, 1.82) is 0 Å². The van der Waals surface area contributed by atoms with Crippen molar-refractivity contribution in [2.75, 3.05) is 31.8 Å². The number of pyridine rings is 1. The fourth-order valence-corrected chi connectivity index (χ4v) is 2.64. The van der Waals surface area contributed by atoms with E-state index in [4.69, 9.17) is 4.74 Å². The van der Waals surface area contributed by atoms with Crippen molar-refractivity contribution in [3.8, 4) is 0 Å². The molecule has 0 unspecified atom stereocenters. The molecule has 0 aliphatic carbocycles. The standard InChI is InChI=1S/C14H19N3O5/c1-4-16(10-5-6-22-8-10)13-12(17(19)20)11(14(18)21-3)7-9(2)15-13/h7,10H,4-6,8H2,1-3H3/t10-/m1/s1.